The van der Waals surface area contributed by atoms with Crippen LogP contribution < -0.4 is 0 Å². The molecule has 2 fully saturated rings. The Bertz CT molecular complexity index is 1040. The van der Waals surface area contributed by atoms with Crippen LogP contribution in [0.15, 0.2) is 59.8 Å². The second kappa shape index (κ2) is 17.1. The van der Waals surface area contributed by atoms with Crippen molar-refractivity contribution in [2.24, 2.45) is 5.92 Å². The van der Waals surface area contributed by atoms with E-state index in [0.29, 0.717) is 25.2 Å². The molecule has 0 amide bonds. The average molecular weight is 571 g/mol. The predicted octanol–water partition coefficient (Wildman–Crippen LogP) is 5.87. The summed E-state index contributed by atoms with van der Waals surface area (Å²) in [5.74, 6) is -0.687. The van der Waals surface area contributed by atoms with Crippen molar-refractivity contribution in [1.29, 1.82) is 0 Å². The fourth-order valence-corrected chi connectivity index (χ4v) is 5.60. The molecule has 0 aromatic heterocycles. The first-order valence-corrected chi connectivity index (χ1v) is 14.8. The minimum atomic E-state index is -0.441. The SMILES string of the molecule is COC(=O)/C=C1\CC2CC(=O)OC(/C=C/C=C\C=C(/C)CC(=O)OC)C/C=C\C(C)CC3CCCC(CC(C1)O2)O3. The molecule has 226 valence electrons. The lowest BCUT2D eigenvalue weighted by Crippen LogP contribution is -2.37. The molecule has 0 radical (unpaired) electrons. The average Bonchev–Trinajstić information content (AvgIpc) is 2.92. The van der Waals surface area contributed by atoms with Crippen LogP contribution in [0.2, 0.25) is 0 Å². The van der Waals surface area contributed by atoms with Crippen LogP contribution >= 0.6 is 0 Å². The molecule has 0 aliphatic carbocycles. The Morgan fingerprint density at radius 1 is 0.951 bits per heavy atom. The number of hydrogen-bond acceptors (Lipinski definition) is 8. The Kier molecular flexibility index (Phi) is 13.6. The van der Waals surface area contributed by atoms with Gasteiger partial charge in [0.25, 0.3) is 0 Å². The Morgan fingerprint density at radius 2 is 1.68 bits per heavy atom. The van der Waals surface area contributed by atoms with Crippen molar-refractivity contribution in [3.8, 4) is 0 Å². The fourth-order valence-electron chi connectivity index (χ4n) is 5.60. The van der Waals surface area contributed by atoms with Gasteiger partial charge >= 0.3 is 17.9 Å². The van der Waals surface area contributed by atoms with E-state index < -0.39 is 12.1 Å². The highest BCUT2D eigenvalue weighted by molar-refractivity contribution is 5.82. The largest absolute Gasteiger partial charge is 0.469 e. The van der Waals surface area contributed by atoms with Crippen LogP contribution in [0.4, 0.5) is 0 Å². The van der Waals surface area contributed by atoms with Crippen molar-refractivity contribution < 1.29 is 38.1 Å². The maximum atomic E-state index is 13.1. The maximum absolute atomic E-state index is 13.1. The van der Waals surface area contributed by atoms with E-state index in [2.05, 4.69) is 19.1 Å². The summed E-state index contributed by atoms with van der Waals surface area (Å²) in [6.07, 6.45) is 21.2. The molecule has 0 spiro atoms. The first-order chi connectivity index (χ1) is 19.7. The molecule has 0 N–H and O–H groups in total. The Hall–Kier alpha value is -2.97. The van der Waals surface area contributed by atoms with E-state index in [0.717, 1.165) is 43.3 Å². The van der Waals surface area contributed by atoms with Crippen LogP contribution in [-0.4, -0.2) is 62.6 Å². The minimum absolute atomic E-state index is 0.0961. The molecular formula is C33H46O8. The number of esters is 3. The molecule has 3 rings (SSSR count). The Labute approximate surface area is 244 Å². The highest BCUT2D eigenvalue weighted by Crippen LogP contribution is 2.33. The summed E-state index contributed by atoms with van der Waals surface area (Å²) >= 11 is 0. The molecule has 3 heterocycles. The van der Waals surface area contributed by atoms with Crippen molar-refractivity contribution >= 4 is 17.9 Å². The number of fused-ring (bicyclic) bond motifs is 4. The minimum Gasteiger partial charge on any atom is -0.469 e. The molecule has 0 aromatic carbocycles. The van der Waals surface area contributed by atoms with Gasteiger partial charge in [0.15, 0.2) is 0 Å². The number of allylic oxidation sites excluding steroid dienone is 5. The van der Waals surface area contributed by atoms with E-state index in [4.69, 9.17) is 23.7 Å². The van der Waals surface area contributed by atoms with Gasteiger partial charge in [-0.2, -0.15) is 0 Å². The van der Waals surface area contributed by atoms with Crippen molar-refractivity contribution in [3.63, 3.8) is 0 Å². The van der Waals surface area contributed by atoms with E-state index in [1.165, 1.54) is 20.3 Å². The second-order valence-electron chi connectivity index (χ2n) is 11.3. The molecule has 3 aliphatic heterocycles. The van der Waals surface area contributed by atoms with Crippen molar-refractivity contribution in [3.05, 3.63) is 59.8 Å². The molecule has 8 nitrogen and oxygen atoms in total. The van der Waals surface area contributed by atoms with Crippen LogP contribution in [-0.2, 0) is 38.1 Å². The lowest BCUT2D eigenvalue weighted by molar-refractivity contribution is -0.153. The molecule has 41 heavy (non-hydrogen) atoms. The number of cyclic esters (lactones) is 1. The summed E-state index contributed by atoms with van der Waals surface area (Å²) in [7, 11) is 2.73. The highest BCUT2D eigenvalue weighted by atomic mass is 16.6. The first kappa shape index (κ1) is 32.5. The predicted molar refractivity (Wildman–Crippen MR) is 156 cm³/mol. The summed E-state index contributed by atoms with van der Waals surface area (Å²) < 4.78 is 28.3. The summed E-state index contributed by atoms with van der Waals surface area (Å²) in [5.41, 5.74) is 1.81. The number of carbonyl (C=O) groups is 3. The monoisotopic (exact) mass is 570 g/mol. The summed E-state index contributed by atoms with van der Waals surface area (Å²) in [4.78, 5) is 36.4. The third kappa shape index (κ3) is 12.2. The van der Waals surface area contributed by atoms with Crippen LogP contribution in [0.1, 0.15) is 78.1 Å². The normalized spacial score (nSPS) is 32.0. The van der Waals surface area contributed by atoms with Crippen molar-refractivity contribution in [2.75, 3.05) is 14.2 Å². The van der Waals surface area contributed by atoms with E-state index in [9.17, 15) is 14.4 Å². The lowest BCUT2D eigenvalue weighted by atomic mass is 9.90. The number of rotatable bonds is 6. The smallest absolute Gasteiger partial charge is 0.330 e. The van der Waals surface area contributed by atoms with E-state index in [1.54, 1.807) is 0 Å². The zero-order valence-corrected chi connectivity index (χ0v) is 24.9. The van der Waals surface area contributed by atoms with Gasteiger partial charge in [-0.3, -0.25) is 9.59 Å². The lowest BCUT2D eigenvalue weighted by Gasteiger charge is -2.37. The summed E-state index contributed by atoms with van der Waals surface area (Å²) in [6, 6.07) is 0. The van der Waals surface area contributed by atoms with Crippen LogP contribution in [0.3, 0.4) is 0 Å². The maximum Gasteiger partial charge on any atom is 0.330 e. The standard InChI is InChI=1S/C33H46O8/c1-23-11-8-13-26(12-7-5-6-10-24(2)17-31(34)37-3)41-33(36)22-30-19-25(20-32(35)38-4)18-29(40-30)21-28-15-9-14-27(16-23)39-28/h5-8,10-12,20,23,26-30H,9,13-19,21-22H2,1-4H3/b6-5-,11-8-,12-7+,24-10+,25-20-. The third-order valence-electron chi connectivity index (χ3n) is 7.58. The van der Waals surface area contributed by atoms with Crippen LogP contribution in [0.5, 0.6) is 0 Å². The number of carbonyl (C=O) groups excluding carboxylic acids is 3. The topological polar surface area (TPSA) is 97.4 Å². The molecule has 3 aliphatic rings. The Balaban J connectivity index is 1.75. The highest BCUT2D eigenvalue weighted by Gasteiger charge is 2.33. The van der Waals surface area contributed by atoms with Gasteiger partial charge in [-0.05, 0) is 57.4 Å². The quantitative estimate of drug-likeness (QED) is 0.129. The van der Waals surface area contributed by atoms with Gasteiger partial charge in [-0.15, -0.1) is 0 Å². The van der Waals surface area contributed by atoms with Gasteiger partial charge in [-0.1, -0.05) is 54.5 Å². The summed E-state index contributed by atoms with van der Waals surface area (Å²) in [5, 5.41) is 0. The van der Waals surface area contributed by atoms with E-state index >= 15 is 0 Å². The van der Waals surface area contributed by atoms with Gasteiger partial charge in [0.05, 0.1) is 51.5 Å². The number of ether oxygens (including phenoxy) is 5. The zero-order chi connectivity index (χ0) is 29.6. The number of hydrogen-bond donors (Lipinski definition) is 0. The van der Waals surface area contributed by atoms with Crippen molar-refractivity contribution in [2.45, 2.75) is 109 Å². The van der Waals surface area contributed by atoms with Gasteiger partial charge < -0.3 is 23.7 Å². The van der Waals surface area contributed by atoms with E-state index in [-0.39, 0.29) is 49.2 Å². The van der Waals surface area contributed by atoms with Crippen LogP contribution in [0, 0.1) is 5.92 Å². The molecule has 6 atom stereocenters. The second-order valence-corrected chi connectivity index (χ2v) is 11.3. The number of methoxy groups -OCH3 is 2. The van der Waals surface area contributed by atoms with Crippen LogP contribution in [0.25, 0.3) is 0 Å². The molecule has 0 saturated carbocycles. The Morgan fingerprint density at radius 3 is 2.44 bits per heavy atom. The molecule has 4 bridgehead atoms. The first-order valence-electron chi connectivity index (χ1n) is 14.8. The zero-order valence-electron chi connectivity index (χ0n) is 24.9. The molecule has 0 aromatic rings. The van der Waals surface area contributed by atoms with Crippen molar-refractivity contribution in [1.82, 2.24) is 0 Å². The summed E-state index contributed by atoms with van der Waals surface area (Å²) in [6.45, 7) is 4.05. The molecular weight excluding hydrogens is 524 g/mol. The van der Waals surface area contributed by atoms with Gasteiger partial charge in [0, 0.05) is 18.9 Å². The fraction of sp³-hybridized carbons (Fsp3) is 0.606. The third-order valence-corrected chi connectivity index (χ3v) is 7.58. The van der Waals surface area contributed by atoms with Gasteiger partial charge in [0.1, 0.15) is 6.10 Å². The van der Waals surface area contributed by atoms with E-state index in [1.807, 2.05) is 37.3 Å². The molecule has 8 heteroatoms. The van der Waals surface area contributed by atoms with Gasteiger partial charge in [-0.25, -0.2) is 4.79 Å². The van der Waals surface area contributed by atoms with Gasteiger partial charge in [0.2, 0.25) is 0 Å². The molecule has 2 saturated heterocycles. The molecule has 6 unspecified atom stereocenters.